The summed E-state index contributed by atoms with van der Waals surface area (Å²) in [4.78, 5) is 11.0. The van der Waals surface area contributed by atoms with Crippen molar-refractivity contribution in [2.24, 2.45) is 0 Å². The van der Waals surface area contributed by atoms with Crippen LogP contribution in [0.3, 0.4) is 0 Å². The second-order valence-corrected chi connectivity index (χ2v) is 4.03. The van der Waals surface area contributed by atoms with Gasteiger partial charge in [0.25, 0.3) is 0 Å². The van der Waals surface area contributed by atoms with Gasteiger partial charge in [0.05, 0.1) is 5.75 Å². The number of alkyl halides is 3. The second-order valence-electron chi connectivity index (χ2n) is 2.99. The standard InChI is InChI=1S/C7H11F3N2OS/c8-7(9,10)14-4-6(13)12-5-1-2-11-3-5/h5,11H,1-4H2,(H,12,13). The van der Waals surface area contributed by atoms with Gasteiger partial charge in [-0.25, -0.2) is 0 Å². The monoisotopic (exact) mass is 228 g/mol. The number of amides is 1. The number of rotatable bonds is 3. The van der Waals surface area contributed by atoms with Crippen molar-refractivity contribution in [3.8, 4) is 0 Å². The fourth-order valence-electron chi connectivity index (χ4n) is 1.19. The highest BCUT2D eigenvalue weighted by Gasteiger charge is 2.29. The maximum absolute atomic E-state index is 11.7. The van der Waals surface area contributed by atoms with Crippen molar-refractivity contribution in [2.75, 3.05) is 18.8 Å². The molecule has 0 aromatic heterocycles. The highest BCUT2D eigenvalue weighted by molar-refractivity contribution is 8.00. The van der Waals surface area contributed by atoms with E-state index in [0.717, 1.165) is 13.0 Å². The van der Waals surface area contributed by atoms with Crippen molar-refractivity contribution in [1.29, 1.82) is 0 Å². The van der Waals surface area contributed by atoms with E-state index in [-0.39, 0.29) is 17.8 Å². The Morgan fingerprint density at radius 1 is 1.57 bits per heavy atom. The highest BCUT2D eigenvalue weighted by Crippen LogP contribution is 2.29. The minimum atomic E-state index is -4.33. The summed E-state index contributed by atoms with van der Waals surface area (Å²) >= 11 is -0.307. The SMILES string of the molecule is O=C(CSC(F)(F)F)NC1CCNC1. The van der Waals surface area contributed by atoms with Gasteiger partial charge in [-0.2, -0.15) is 13.2 Å². The largest absolute Gasteiger partial charge is 0.442 e. The van der Waals surface area contributed by atoms with E-state index in [0.29, 0.717) is 6.54 Å². The van der Waals surface area contributed by atoms with Crippen LogP contribution in [0.25, 0.3) is 0 Å². The molecule has 0 bridgehead atoms. The Labute approximate surface area is 83.8 Å². The Morgan fingerprint density at radius 2 is 2.29 bits per heavy atom. The molecule has 3 nitrogen and oxygen atoms in total. The van der Waals surface area contributed by atoms with Crippen LogP contribution in [0.4, 0.5) is 13.2 Å². The molecule has 14 heavy (non-hydrogen) atoms. The van der Waals surface area contributed by atoms with Crippen molar-refractivity contribution >= 4 is 17.7 Å². The van der Waals surface area contributed by atoms with Crippen LogP contribution < -0.4 is 10.6 Å². The number of carbonyl (C=O) groups is 1. The summed E-state index contributed by atoms with van der Waals surface area (Å²) in [6, 6.07) is -0.0173. The normalized spacial score (nSPS) is 22.4. The zero-order chi connectivity index (χ0) is 10.6. The molecule has 1 aliphatic rings. The molecule has 1 heterocycles. The molecule has 82 valence electrons. The quantitative estimate of drug-likeness (QED) is 0.747. The van der Waals surface area contributed by atoms with E-state index in [1.807, 2.05) is 0 Å². The lowest BCUT2D eigenvalue weighted by molar-refractivity contribution is -0.119. The molecule has 1 atom stereocenters. The second kappa shape index (κ2) is 4.88. The van der Waals surface area contributed by atoms with Crippen LogP contribution in [0, 0.1) is 0 Å². The first-order chi connectivity index (χ1) is 6.47. The maximum atomic E-state index is 11.7. The van der Waals surface area contributed by atoms with Gasteiger partial charge in [0.1, 0.15) is 0 Å². The average Bonchev–Trinajstić information content (AvgIpc) is 2.52. The summed E-state index contributed by atoms with van der Waals surface area (Å²) in [5, 5.41) is 5.54. The molecule has 0 spiro atoms. The predicted molar refractivity (Wildman–Crippen MR) is 47.9 cm³/mol. The van der Waals surface area contributed by atoms with Crippen molar-refractivity contribution in [3.63, 3.8) is 0 Å². The first kappa shape index (κ1) is 11.6. The molecule has 0 aromatic carbocycles. The third kappa shape index (κ3) is 4.71. The lowest BCUT2D eigenvalue weighted by Gasteiger charge is -2.11. The lowest BCUT2D eigenvalue weighted by Crippen LogP contribution is -2.37. The average molecular weight is 228 g/mol. The van der Waals surface area contributed by atoms with Gasteiger partial charge < -0.3 is 10.6 Å². The molecular formula is C7H11F3N2OS. The van der Waals surface area contributed by atoms with Crippen molar-refractivity contribution in [2.45, 2.75) is 18.0 Å². The third-order valence-electron chi connectivity index (χ3n) is 1.79. The van der Waals surface area contributed by atoms with Crippen LogP contribution in [0.5, 0.6) is 0 Å². The van der Waals surface area contributed by atoms with Crippen LogP contribution in [0.15, 0.2) is 0 Å². The fourth-order valence-corrected chi connectivity index (χ4v) is 1.57. The van der Waals surface area contributed by atoms with E-state index < -0.39 is 17.2 Å². The zero-order valence-electron chi connectivity index (χ0n) is 7.36. The molecule has 2 N–H and O–H groups in total. The van der Waals surface area contributed by atoms with Crippen LogP contribution in [0.1, 0.15) is 6.42 Å². The topological polar surface area (TPSA) is 41.1 Å². The first-order valence-electron chi connectivity index (χ1n) is 4.18. The summed E-state index contributed by atoms with van der Waals surface area (Å²) in [7, 11) is 0. The van der Waals surface area contributed by atoms with E-state index in [4.69, 9.17) is 0 Å². The smallest absolute Gasteiger partial charge is 0.351 e. The molecule has 0 saturated carbocycles. The van der Waals surface area contributed by atoms with E-state index >= 15 is 0 Å². The summed E-state index contributed by atoms with van der Waals surface area (Å²) in [6.07, 6.45) is 0.780. The molecule has 0 radical (unpaired) electrons. The summed E-state index contributed by atoms with van der Waals surface area (Å²) < 4.78 is 35.1. The molecule has 1 aliphatic heterocycles. The molecule has 7 heteroatoms. The van der Waals surface area contributed by atoms with Crippen LogP contribution >= 0.6 is 11.8 Å². The molecule has 1 rings (SSSR count). The van der Waals surface area contributed by atoms with Gasteiger partial charge in [-0.05, 0) is 24.7 Å². The number of nitrogens with one attached hydrogen (secondary N) is 2. The Bertz CT molecular complexity index is 204. The van der Waals surface area contributed by atoms with Gasteiger partial charge in [0.2, 0.25) is 5.91 Å². The van der Waals surface area contributed by atoms with Gasteiger partial charge in [0, 0.05) is 12.6 Å². The van der Waals surface area contributed by atoms with E-state index in [9.17, 15) is 18.0 Å². The molecule has 0 aliphatic carbocycles. The molecule has 1 fully saturated rings. The number of hydrogen-bond donors (Lipinski definition) is 2. The lowest BCUT2D eigenvalue weighted by atomic mass is 10.3. The van der Waals surface area contributed by atoms with Crippen LogP contribution in [-0.2, 0) is 4.79 Å². The summed E-state index contributed by atoms with van der Waals surface area (Å²) in [6.45, 7) is 1.44. The van der Waals surface area contributed by atoms with Crippen LogP contribution in [-0.4, -0.2) is 36.3 Å². The van der Waals surface area contributed by atoms with Crippen LogP contribution in [0.2, 0.25) is 0 Å². The van der Waals surface area contributed by atoms with E-state index in [1.54, 1.807) is 0 Å². The molecule has 1 unspecified atom stereocenters. The Hall–Kier alpha value is -0.430. The summed E-state index contributed by atoms with van der Waals surface area (Å²) in [5.74, 6) is -1.11. The number of hydrogen-bond acceptors (Lipinski definition) is 3. The minimum absolute atomic E-state index is 0.0173. The summed E-state index contributed by atoms with van der Waals surface area (Å²) in [5.41, 5.74) is -4.33. The first-order valence-corrected chi connectivity index (χ1v) is 5.17. The van der Waals surface area contributed by atoms with Gasteiger partial charge in [0.15, 0.2) is 0 Å². The van der Waals surface area contributed by atoms with Gasteiger partial charge in [-0.3, -0.25) is 4.79 Å². The highest BCUT2D eigenvalue weighted by atomic mass is 32.2. The maximum Gasteiger partial charge on any atom is 0.442 e. The van der Waals surface area contributed by atoms with E-state index in [1.165, 1.54) is 0 Å². The van der Waals surface area contributed by atoms with Gasteiger partial charge in [-0.1, -0.05) is 0 Å². The number of halogens is 3. The Morgan fingerprint density at radius 3 is 2.79 bits per heavy atom. The molecule has 1 saturated heterocycles. The molecular weight excluding hydrogens is 217 g/mol. The van der Waals surface area contributed by atoms with Crippen molar-refractivity contribution < 1.29 is 18.0 Å². The fraction of sp³-hybridized carbons (Fsp3) is 0.857. The molecule has 0 aromatic rings. The Balaban J connectivity index is 2.15. The van der Waals surface area contributed by atoms with Gasteiger partial charge in [-0.15, -0.1) is 0 Å². The Kier molecular flexibility index (Phi) is 4.06. The third-order valence-corrected chi connectivity index (χ3v) is 2.53. The zero-order valence-corrected chi connectivity index (χ0v) is 8.17. The number of thioether (sulfide) groups is 1. The minimum Gasteiger partial charge on any atom is -0.351 e. The van der Waals surface area contributed by atoms with Crippen molar-refractivity contribution in [1.82, 2.24) is 10.6 Å². The number of carbonyl (C=O) groups excluding carboxylic acids is 1. The van der Waals surface area contributed by atoms with E-state index in [2.05, 4.69) is 10.6 Å². The predicted octanol–water partition coefficient (Wildman–Crippen LogP) is 0.718. The van der Waals surface area contributed by atoms with Gasteiger partial charge >= 0.3 is 5.51 Å². The van der Waals surface area contributed by atoms with Crippen molar-refractivity contribution in [3.05, 3.63) is 0 Å². The molecule has 1 amide bonds.